The number of carbonyl (C=O) groups is 1. The van der Waals surface area contributed by atoms with E-state index in [9.17, 15) is 9.59 Å². The highest BCUT2D eigenvalue weighted by atomic mass is 32.1. The van der Waals surface area contributed by atoms with E-state index in [1.165, 1.54) is 20.9 Å². The molecule has 5 rings (SSSR count). The van der Waals surface area contributed by atoms with Crippen LogP contribution in [0.4, 0.5) is 5.95 Å². The molecule has 0 saturated carbocycles. The van der Waals surface area contributed by atoms with E-state index in [1.807, 2.05) is 44.2 Å². The van der Waals surface area contributed by atoms with E-state index in [-0.39, 0.29) is 29.4 Å². The van der Waals surface area contributed by atoms with Crippen molar-refractivity contribution in [2.75, 3.05) is 5.01 Å². The van der Waals surface area contributed by atoms with Crippen LogP contribution in [0.1, 0.15) is 37.6 Å². The molecule has 2 aliphatic heterocycles. The van der Waals surface area contributed by atoms with Crippen molar-refractivity contribution < 1.29 is 9.53 Å². The molecule has 0 radical (unpaired) electrons. The second-order valence-electron chi connectivity index (χ2n) is 8.01. The minimum atomic E-state index is -0.337. The molecule has 148 valence electrons. The molecule has 2 aliphatic rings. The summed E-state index contributed by atoms with van der Waals surface area (Å²) < 4.78 is 7.42. The summed E-state index contributed by atoms with van der Waals surface area (Å²) in [6.45, 7) is 6.31. The summed E-state index contributed by atoms with van der Waals surface area (Å²) >= 11 is 1.46. The van der Waals surface area contributed by atoms with Gasteiger partial charge < -0.3 is 4.74 Å². The van der Waals surface area contributed by atoms with Gasteiger partial charge in [-0.05, 0) is 38.5 Å². The lowest BCUT2D eigenvalue weighted by Crippen LogP contribution is -2.33. The number of hydrogen-bond acceptors (Lipinski definition) is 6. The van der Waals surface area contributed by atoms with Crippen LogP contribution in [0.15, 0.2) is 40.2 Å². The van der Waals surface area contributed by atoms with E-state index in [2.05, 4.69) is 5.10 Å². The zero-order chi connectivity index (χ0) is 20.3. The largest absolute Gasteiger partial charge is 0.370 e. The second-order valence-corrected chi connectivity index (χ2v) is 9.10. The van der Waals surface area contributed by atoms with Crippen molar-refractivity contribution in [2.45, 2.75) is 45.8 Å². The van der Waals surface area contributed by atoms with E-state index >= 15 is 0 Å². The fourth-order valence-corrected chi connectivity index (χ4v) is 4.93. The van der Waals surface area contributed by atoms with Gasteiger partial charge in [-0.2, -0.15) is 10.1 Å². The third-order valence-electron chi connectivity index (χ3n) is 5.20. The highest BCUT2D eigenvalue weighted by molar-refractivity contribution is 7.18. The maximum Gasteiger partial charge on any atom is 0.268 e. The Hall–Kier alpha value is -2.84. The summed E-state index contributed by atoms with van der Waals surface area (Å²) in [5.41, 5.74) is 1.84. The lowest BCUT2D eigenvalue weighted by atomic mass is 9.94. The maximum absolute atomic E-state index is 13.7. The van der Waals surface area contributed by atoms with Gasteiger partial charge in [-0.1, -0.05) is 18.2 Å². The first kappa shape index (κ1) is 18.2. The van der Waals surface area contributed by atoms with E-state index in [1.54, 1.807) is 6.92 Å². The molecule has 1 amide bonds. The van der Waals surface area contributed by atoms with Gasteiger partial charge in [0.25, 0.3) is 11.5 Å². The van der Waals surface area contributed by atoms with E-state index in [4.69, 9.17) is 9.72 Å². The van der Waals surface area contributed by atoms with Crippen LogP contribution in [0, 0.1) is 0 Å². The van der Waals surface area contributed by atoms with Crippen molar-refractivity contribution in [1.29, 1.82) is 0 Å². The molecule has 1 aromatic carbocycles. The van der Waals surface area contributed by atoms with Gasteiger partial charge >= 0.3 is 0 Å². The molecule has 0 bridgehead atoms. The Morgan fingerprint density at radius 2 is 1.93 bits per heavy atom. The van der Waals surface area contributed by atoms with Crippen molar-refractivity contribution in [3.8, 4) is 5.69 Å². The van der Waals surface area contributed by atoms with Gasteiger partial charge in [0.05, 0.1) is 29.7 Å². The highest BCUT2D eigenvalue weighted by Gasteiger charge is 2.33. The molecule has 2 aromatic heterocycles. The molecule has 0 saturated heterocycles. The Kier molecular flexibility index (Phi) is 3.97. The Bertz CT molecular complexity index is 1240. The van der Waals surface area contributed by atoms with E-state index in [0.29, 0.717) is 34.6 Å². The molecule has 0 fully saturated rings. The van der Waals surface area contributed by atoms with Crippen LogP contribution in [0.2, 0.25) is 0 Å². The van der Waals surface area contributed by atoms with Gasteiger partial charge in [0, 0.05) is 17.0 Å². The Balaban J connectivity index is 1.83. The minimum absolute atomic E-state index is 0.182. The van der Waals surface area contributed by atoms with Crippen LogP contribution in [-0.2, 0) is 22.6 Å². The van der Waals surface area contributed by atoms with Gasteiger partial charge in [-0.15, -0.1) is 11.3 Å². The normalized spacial score (nSPS) is 18.2. The number of hydrazone groups is 1. The van der Waals surface area contributed by atoms with Crippen LogP contribution in [0.3, 0.4) is 0 Å². The first-order valence-electron chi connectivity index (χ1n) is 9.48. The summed E-state index contributed by atoms with van der Waals surface area (Å²) in [5.74, 6) is 0.0403. The van der Waals surface area contributed by atoms with Crippen LogP contribution in [0.25, 0.3) is 15.9 Å². The number of benzene rings is 1. The minimum Gasteiger partial charge on any atom is -0.370 e. The first-order chi connectivity index (χ1) is 13.8. The molecule has 0 N–H and O–H groups in total. The monoisotopic (exact) mass is 408 g/mol. The molecule has 8 heteroatoms. The SMILES string of the molecule is CC1=NN(c2nc3sc4c(c3c(=O)n2-c2ccccc2)CC(C)(C)OC4)C(=O)C1. The Morgan fingerprint density at radius 3 is 2.62 bits per heavy atom. The number of anilines is 1. The number of para-hydroxylation sites is 1. The summed E-state index contributed by atoms with van der Waals surface area (Å²) in [4.78, 5) is 32.7. The molecule has 0 atom stereocenters. The Morgan fingerprint density at radius 1 is 1.17 bits per heavy atom. The van der Waals surface area contributed by atoms with Crippen molar-refractivity contribution >= 4 is 39.1 Å². The van der Waals surface area contributed by atoms with Gasteiger partial charge in [-0.3, -0.25) is 9.59 Å². The molecule has 0 aliphatic carbocycles. The molecule has 0 spiro atoms. The summed E-state index contributed by atoms with van der Waals surface area (Å²) in [5, 5.41) is 6.20. The lowest BCUT2D eigenvalue weighted by Gasteiger charge is -2.30. The van der Waals surface area contributed by atoms with E-state index in [0.717, 1.165) is 10.4 Å². The molecule has 0 unspecified atom stereocenters. The standard InChI is InChI=1S/C21H20N4O3S/c1-12-9-16(26)25(23-12)20-22-18-17(14-10-21(2,3)28-11-15(14)29-18)19(27)24(20)13-7-5-4-6-8-13/h4-8H,9-11H2,1-3H3. The number of amides is 1. The van der Waals surface area contributed by atoms with Crippen molar-refractivity contribution in [1.82, 2.24) is 9.55 Å². The van der Waals surface area contributed by atoms with Crippen LogP contribution in [-0.4, -0.2) is 26.8 Å². The predicted molar refractivity (Wildman–Crippen MR) is 113 cm³/mol. The predicted octanol–water partition coefficient (Wildman–Crippen LogP) is 3.41. The van der Waals surface area contributed by atoms with Crippen molar-refractivity contribution in [2.24, 2.45) is 5.10 Å². The smallest absolute Gasteiger partial charge is 0.268 e. The molecule has 4 heterocycles. The van der Waals surface area contributed by atoms with Gasteiger partial charge in [0.1, 0.15) is 4.83 Å². The van der Waals surface area contributed by atoms with Gasteiger partial charge in [0.2, 0.25) is 5.95 Å². The summed E-state index contributed by atoms with van der Waals surface area (Å²) in [6.07, 6.45) is 0.874. The number of carbonyl (C=O) groups excluding carboxylic acids is 1. The average Bonchev–Trinajstić information content (AvgIpc) is 3.20. The average molecular weight is 408 g/mol. The quantitative estimate of drug-likeness (QED) is 0.651. The van der Waals surface area contributed by atoms with Crippen LogP contribution < -0.4 is 10.6 Å². The molecular formula is C21H20N4O3S. The van der Waals surface area contributed by atoms with Gasteiger partial charge in [0.15, 0.2) is 0 Å². The summed E-state index contributed by atoms with van der Waals surface area (Å²) in [7, 11) is 0. The molecule has 3 aromatic rings. The molecule has 7 nitrogen and oxygen atoms in total. The number of thiophene rings is 1. The third-order valence-corrected chi connectivity index (χ3v) is 6.30. The number of nitrogens with zero attached hydrogens (tertiary/aromatic N) is 4. The molecule has 29 heavy (non-hydrogen) atoms. The third kappa shape index (κ3) is 2.90. The molecular weight excluding hydrogens is 388 g/mol. The van der Waals surface area contributed by atoms with Crippen molar-refractivity contribution in [3.05, 3.63) is 51.1 Å². The second kappa shape index (κ2) is 6.33. The first-order valence-corrected chi connectivity index (χ1v) is 10.3. The fraction of sp³-hybridized carbons (Fsp3) is 0.333. The van der Waals surface area contributed by atoms with Gasteiger partial charge in [-0.25, -0.2) is 9.55 Å². The topological polar surface area (TPSA) is 76.8 Å². The lowest BCUT2D eigenvalue weighted by molar-refractivity contribution is -0.117. The number of aromatic nitrogens is 2. The Labute approximate surface area is 171 Å². The maximum atomic E-state index is 13.7. The highest BCUT2D eigenvalue weighted by Crippen LogP contribution is 2.38. The summed E-state index contributed by atoms with van der Waals surface area (Å²) in [6, 6.07) is 9.27. The van der Waals surface area contributed by atoms with Crippen LogP contribution in [0.5, 0.6) is 0 Å². The fourth-order valence-electron chi connectivity index (χ4n) is 3.85. The van der Waals surface area contributed by atoms with E-state index < -0.39 is 0 Å². The van der Waals surface area contributed by atoms with Crippen molar-refractivity contribution in [3.63, 3.8) is 0 Å². The zero-order valence-corrected chi connectivity index (χ0v) is 17.2. The zero-order valence-electron chi connectivity index (χ0n) is 16.4. The number of hydrogen-bond donors (Lipinski definition) is 0. The number of ether oxygens (including phenoxy) is 1. The van der Waals surface area contributed by atoms with Crippen LogP contribution >= 0.6 is 11.3 Å². The number of rotatable bonds is 2. The number of fused-ring (bicyclic) bond motifs is 3.